The van der Waals surface area contributed by atoms with Crippen LogP contribution >= 0.6 is 0 Å². The van der Waals surface area contributed by atoms with Gasteiger partial charge in [0.2, 0.25) is 0 Å². The lowest BCUT2D eigenvalue weighted by atomic mass is 10.3. The molecule has 0 saturated carbocycles. The van der Waals surface area contributed by atoms with Crippen molar-refractivity contribution in [3.05, 3.63) is 0 Å². The summed E-state index contributed by atoms with van der Waals surface area (Å²) in [4.78, 5) is 0. The third-order valence-electron chi connectivity index (χ3n) is 1.37. The van der Waals surface area contributed by atoms with E-state index < -0.39 is 6.10 Å². The van der Waals surface area contributed by atoms with Gasteiger partial charge in [-0.15, -0.1) is 0 Å². The number of hydrogen-bond donors (Lipinski definition) is 3. The normalized spacial score (nSPS) is 9.69. The van der Waals surface area contributed by atoms with Crippen LogP contribution in [0, 0.1) is 0 Å². The van der Waals surface area contributed by atoms with Crippen molar-refractivity contribution < 1.29 is 20.1 Å². The number of aliphatic hydroxyl groups is 3. The number of methoxy groups -OCH3 is 1. The van der Waals surface area contributed by atoms with Crippen molar-refractivity contribution in [1.82, 2.24) is 0 Å². The zero-order chi connectivity index (χ0) is 10.5. The van der Waals surface area contributed by atoms with Gasteiger partial charge in [0.1, 0.15) is 6.10 Å². The zero-order valence-electron chi connectivity index (χ0n) is 8.57. The third kappa shape index (κ3) is 18.7. The minimum atomic E-state index is -0.954. The van der Waals surface area contributed by atoms with Crippen molar-refractivity contribution in [2.45, 2.75) is 32.3 Å². The Labute approximate surface area is 80.2 Å². The van der Waals surface area contributed by atoms with Gasteiger partial charge in [0.15, 0.2) is 0 Å². The van der Waals surface area contributed by atoms with Crippen LogP contribution in [0.4, 0.5) is 0 Å². The maximum atomic E-state index is 8.17. The lowest BCUT2D eigenvalue weighted by Crippen LogP contribution is -2.15. The standard InChI is InChI=1S/C6H14O.C3H8O3/c1-3-4-5-6-7-2;4-1-3(6)2-5/h3-6H2,1-2H3;3-6H,1-2H2. The van der Waals surface area contributed by atoms with Gasteiger partial charge in [0, 0.05) is 13.7 Å². The molecular formula is C9H22O4. The summed E-state index contributed by atoms with van der Waals surface area (Å²) in [7, 11) is 1.75. The first-order valence-electron chi connectivity index (χ1n) is 4.61. The molecule has 0 spiro atoms. The van der Waals surface area contributed by atoms with Gasteiger partial charge < -0.3 is 20.1 Å². The van der Waals surface area contributed by atoms with Crippen molar-refractivity contribution in [3.63, 3.8) is 0 Å². The molecule has 0 aromatic heterocycles. The van der Waals surface area contributed by atoms with Gasteiger partial charge in [-0.1, -0.05) is 19.8 Å². The van der Waals surface area contributed by atoms with Crippen LogP contribution in [0.5, 0.6) is 0 Å². The second-order valence-electron chi connectivity index (χ2n) is 2.72. The van der Waals surface area contributed by atoms with Crippen molar-refractivity contribution in [2.75, 3.05) is 26.9 Å². The van der Waals surface area contributed by atoms with Crippen LogP contribution in [0.2, 0.25) is 0 Å². The Morgan fingerprint density at radius 2 is 1.69 bits per heavy atom. The van der Waals surface area contributed by atoms with Crippen LogP contribution < -0.4 is 0 Å². The fourth-order valence-electron chi connectivity index (χ4n) is 0.554. The summed E-state index contributed by atoms with van der Waals surface area (Å²) in [6, 6.07) is 0. The fourth-order valence-corrected chi connectivity index (χ4v) is 0.554. The highest BCUT2D eigenvalue weighted by molar-refractivity contribution is 4.44. The van der Waals surface area contributed by atoms with E-state index in [1.54, 1.807) is 7.11 Å². The zero-order valence-corrected chi connectivity index (χ0v) is 8.57. The van der Waals surface area contributed by atoms with Gasteiger partial charge >= 0.3 is 0 Å². The Kier molecular flexibility index (Phi) is 16.9. The molecule has 0 aliphatic carbocycles. The molecule has 0 aromatic carbocycles. The predicted molar refractivity (Wildman–Crippen MR) is 51.6 cm³/mol. The van der Waals surface area contributed by atoms with Crippen LogP contribution in [0.1, 0.15) is 26.2 Å². The fraction of sp³-hybridized carbons (Fsp3) is 1.00. The maximum Gasteiger partial charge on any atom is 0.100 e. The minimum Gasteiger partial charge on any atom is -0.394 e. The first kappa shape index (κ1) is 15.3. The third-order valence-corrected chi connectivity index (χ3v) is 1.37. The van der Waals surface area contributed by atoms with Crippen LogP contribution in [0.25, 0.3) is 0 Å². The second-order valence-corrected chi connectivity index (χ2v) is 2.72. The Hall–Kier alpha value is -0.160. The molecule has 0 amide bonds. The van der Waals surface area contributed by atoms with E-state index in [1.165, 1.54) is 19.3 Å². The summed E-state index contributed by atoms with van der Waals surface area (Å²) in [5.74, 6) is 0. The van der Waals surface area contributed by atoms with Gasteiger partial charge in [-0.25, -0.2) is 0 Å². The van der Waals surface area contributed by atoms with Crippen LogP contribution in [0.15, 0.2) is 0 Å². The van der Waals surface area contributed by atoms with E-state index in [2.05, 4.69) is 6.92 Å². The molecule has 0 aliphatic heterocycles. The first-order valence-corrected chi connectivity index (χ1v) is 4.61. The second kappa shape index (κ2) is 14.4. The number of unbranched alkanes of at least 4 members (excludes halogenated alkanes) is 2. The Morgan fingerprint density at radius 3 is 1.92 bits per heavy atom. The van der Waals surface area contributed by atoms with E-state index in [-0.39, 0.29) is 13.2 Å². The number of rotatable bonds is 6. The van der Waals surface area contributed by atoms with Gasteiger partial charge in [0.25, 0.3) is 0 Å². The Bertz CT molecular complexity index is 70.0. The smallest absolute Gasteiger partial charge is 0.100 e. The Balaban J connectivity index is 0. The molecule has 0 radical (unpaired) electrons. The molecule has 0 unspecified atom stereocenters. The lowest BCUT2D eigenvalue weighted by molar-refractivity contribution is 0.0450. The van der Waals surface area contributed by atoms with E-state index in [9.17, 15) is 0 Å². The topological polar surface area (TPSA) is 69.9 Å². The van der Waals surface area contributed by atoms with Gasteiger partial charge in [0.05, 0.1) is 13.2 Å². The number of aliphatic hydroxyl groups excluding tert-OH is 3. The molecule has 4 heteroatoms. The molecule has 0 heterocycles. The lowest BCUT2D eigenvalue weighted by Gasteiger charge is -1.96. The summed E-state index contributed by atoms with van der Waals surface area (Å²) in [5, 5.41) is 24.0. The molecular weight excluding hydrogens is 172 g/mol. The summed E-state index contributed by atoms with van der Waals surface area (Å²) in [6.07, 6.45) is 2.84. The quantitative estimate of drug-likeness (QED) is 0.527. The molecule has 0 atom stereocenters. The predicted octanol–water partition coefficient (Wildman–Crippen LogP) is 0.155. The van der Waals surface area contributed by atoms with E-state index >= 15 is 0 Å². The number of ether oxygens (including phenoxy) is 1. The summed E-state index contributed by atoms with van der Waals surface area (Å²) in [6.45, 7) is 2.39. The summed E-state index contributed by atoms with van der Waals surface area (Å²) in [5.41, 5.74) is 0. The highest BCUT2D eigenvalue weighted by atomic mass is 16.5. The van der Waals surface area contributed by atoms with Gasteiger partial charge in [-0.05, 0) is 6.42 Å². The van der Waals surface area contributed by atoms with Gasteiger partial charge in [-0.3, -0.25) is 0 Å². The average Bonchev–Trinajstić information content (AvgIpc) is 2.18. The van der Waals surface area contributed by atoms with E-state index in [0.29, 0.717) is 0 Å². The molecule has 0 rings (SSSR count). The van der Waals surface area contributed by atoms with E-state index in [0.717, 1.165) is 6.61 Å². The monoisotopic (exact) mass is 194 g/mol. The van der Waals surface area contributed by atoms with Crippen molar-refractivity contribution in [3.8, 4) is 0 Å². The first-order chi connectivity index (χ1) is 6.22. The van der Waals surface area contributed by atoms with Crippen LogP contribution in [0.3, 0.4) is 0 Å². The maximum absolute atomic E-state index is 8.17. The van der Waals surface area contributed by atoms with Gasteiger partial charge in [-0.2, -0.15) is 0 Å². The summed E-state index contributed by atoms with van der Waals surface area (Å²) >= 11 is 0. The molecule has 82 valence electrons. The van der Waals surface area contributed by atoms with Crippen molar-refractivity contribution >= 4 is 0 Å². The molecule has 0 bridgehead atoms. The van der Waals surface area contributed by atoms with Crippen molar-refractivity contribution in [2.24, 2.45) is 0 Å². The molecule has 0 saturated heterocycles. The molecule has 0 aliphatic rings. The summed E-state index contributed by atoms with van der Waals surface area (Å²) < 4.78 is 4.84. The molecule has 4 nitrogen and oxygen atoms in total. The van der Waals surface area contributed by atoms with Crippen LogP contribution in [-0.4, -0.2) is 48.4 Å². The highest BCUT2D eigenvalue weighted by Crippen LogP contribution is 1.91. The van der Waals surface area contributed by atoms with E-state index in [1.807, 2.05) is 0 Å². The SMILES string of the molecule is CCCCCOC.OCC(O)CO. The largest absolute Gasteiger partial charge is 0.394 e. The highest BCUT2D eigenvalue weighted by Gasteiger charge is 1.93. The minimum absolute atomic E-state index is 0.365. The number of hydrogen-bond acceptors (Lipinski definition) is 4. The van der Waals surface area contributed by atoms with Crippen molar-refractivity contribution in [1.29, 1.82) is 0 Å². The molecule has 3 N–H and O–H groups in total. The molecule has 0 aromatic rings. The average molecular weight is 194 g/mol. The Morgan fingerprint density at radius 1 is 1.15 bits per heavy atom. The van der Waals surface area contributed by atoms with E-state index in [4.69, 9.17) is 20.1 Å². The molecule has 13 heavy (non-hydrogen) atoms. The molecule has 0 fully saturated rings. The van der Waals surface area contributed by atoms with Crippen LogP contribution in [-0.2, 0) is 4.74 Å².